The smallest absolute Gasteiger partial charge is 0.111 e. The molecule has 22 heavy (non-hydrogen) atoms. The van der Waals surface area contributed by atoms with Crippen LogP contribution in [0.4, 0.5) is 0 Å². The molecule has 0 N–H and O–H groups in total. The van der Waals surface area contributed by atoms with Gasteiger partial charge in [-0.2, -0.15) is 0 Å². The third-order valence-corrected chi connectivity index (χ3v) is 3.38. The van der Waals surface area contributed by atoms with Crippen molar-refractivity contribution in [3.8, 4) is 0 Å². The third kappa shape index (κ3) is 12.7. The SMILES string of the molecule is CCC(=COCCOCCOCCOC=C(CC)CC)CC. The molecule has 0 aromatic carbocycles. The lowest BCUT2D eigenvalue weighted by Crippen LogP contribution is -2.10. The maximum Gasteiger partial charge on any atom is 0.111 e. The van der Waals surface area contributed by atoms with E-state index >= 15 is 0 Å². The van der Waals surface area contributed by atoms with Crippen LogP contribution in [0, 0.1) is 0 Å². The van der Waals surface area contributed by atoms with E-state index in [1.165, 1.54) is 11.1 Å². The summed E-state index contributed by atoms with van der Waals surface area (Å²) >= 11 is 0. The Hall–Kier alpha value is -1.00. The molecule has 0 spiro atoms. The quantitative estimate of drug-likeness (QED) is 0.330. The van der Waals surface area contributed by atoms with Crippen molar-refractivity contribution in [2.75, 3.05) is 39.6 Å². The molecule has 4 heteroatoms. The van der Waals surface area contributed by atoms with Crippen LogP contribution in [-0.2, 0) is 18.9 Å². The Kier molecular flexibility index (Phi) is 15.6. The Balaban J connectivity index is 3.31. The molecule has 0 heterocycles. The second-order valence-electron chi connectivity index (χ2n) is 4.93. The molecule has 0 unspecified atom stereocenters. The maximum atomic E-state index is 5.43. The van der Waals surface area contributed by atoms with E-state index in [9.17, 15) is 0 Å². The van der Waals surface area contributed by atoms with E-state index in [-0.39, 0.29) is 0 Å². The summed E-state index contributed by atoms with van der Waals surface area (Å²) in [6, 6.07) is 0. The van der Waals surface area contributed by atoms with Gasteiger partial charge in [0.25, 0.3) is 0 Å². The molecule has 130 valence electrons. The predicted octanol–water partition coefficient (Wildman–Crippen LogP) is 4.46. The van der Waals surface area contributed by atoms with E-state index in [2.05, 4.69) is 27.7 Å². The summed E-state index contributed by atoms with van der Waals surface area (Å²) in [5, 5.41) is 0. The first kappa shape index (κ1) is 21.0. The Morgan fingerprint density at radius 3 is 1.18 bits per heavy atom. The third-order valence-electron chi connectivity index (χ3n) is 3.38. The lowest BCUT2D eigenvalue weighted by atomic mass is 10.2. The molecule has 0 aromatic rings. The van der Waals surface area contributed by atoms with E-state index in [0.29, 0.717) is 39.6 Å². The highest BCUT2D eigenvalue weighted by atomic mass is 16.6. The average Bonchev–Trinajstić information content (AvgIpc) is 2.55. The van der Waals surface area contributed by atoms with E-state index in [1.54, 1.807) is 0 Å². The van der Waals surface area contributed by atoms with Crippen LogP contribution >= 0.6 is 0 Å². The molecular weight excluding hydrogens is 280 g/mol. The van der Waals surface area contributed by atoms with Crippen molar-refractivity contribution in [2.45, 2.75) is 53.4 Å². The van der Waals surface area contributed by atoms with Gasteiger partial charge in [-0.05, 0) is 36.8 Å². The van der Waals surface area contributed by atoms with Gasteiger partial charge in [0, 0.05) is 0 Å². The Bertz CT molecular complexity index is 255. The molecule has 0 aliphatic carbocycles. The van der Waals surface area contributed by atoms with Gasteiger partial charge in [-0.1, -0.05) is 27.7 Å². The molecule has 0 aliphatic heterocycles. The van der Waals surface area contributed by atoms with E-state index < -0.39 is 0 Å². The van der Waals surface area contributed by atoms with Gasteiger partial charge < -0.3 is 18.9 Å². The maximum absolute atomic E-state index is 5.43. The van der Waals surface area contributed by atoms with Gasteiger partial charge in [-0.25, -0.2) is 0 Å². The van der Waals surface area contributed by atoms with Gasteiger partial charge >= 0.3 is 0 Å². The molecule has 0 atom stereocenters. The van der Waals surface area contributed by atoms with Crippen molar-refractivity contribution in [3.63, 3.8) is 0 Å². The number of allylic oxidation sites excluding steroid dienone is 2. The topological polar surface area (TPSA) is 36.9 Å². The largest absolute Gasteiger partial charge is 0.499 e. The van der Waals surface area contributed by atoms with E-state index in [4.69, 9.17) is 18.9 Å². The Labute approximate surface area is 136 Å². The normalized spacial score (nSPS) is 10.2. The van der Waals surface area contributed by atoms with Crippen molar-refractivity contribution < 1.29 is 18.9 Å². The number of ether oxygens (including phenoxy) is 4. The van der Waals surface area contributed by atoms with Crippen molar-refractivity contribution >= 4 is 0 Å². The van der Waals surface area contributed by atoms with E-state index in [0.717, 1.165) is 25.7 Å². The Morgan fingerprint density at radius 1 is 0.545 bits per heavy atom. The van der Waals surface area contributed by atoms with Gasteiger partial charge in [-0.15, -0.1) is 0 Å². The number of rotatable bonds is 15. The fraction of sp³-hybridized carbons (Fsp3) is 0.778. The highest BCUT2D eigenvalue weighted by molar-refractivity contribution is 4.95. The molecule has 0 aliphatic rings. The van der Waals surface area contributed by atoms with Crippen LogP contribution in [0.3, 0.4) is 0 Å². The minimum Gasteiger partial charge on any atom is -0.499 e. The van der Waals surface area contributed by atoms with Crippen molar-refractivity contribution in [1.82, 2.24) is 0 Å². The van der Waals surface area contributed by atoms with Gasteiger partial charge in [0.1, 0.15) is 13.2 Å². The number of hydrogen-bond donors (Lipinski definition) is 0. The second-order valence-corrected chi connectivity index (χ2v) is 4.93. The molecule has 0 aromatic heterocycles. The first-order chi connectivity index (χ1) is 10.8. The lowest BCUT2D eigenvalue weighted by molar-refractivity contribution is 0.0181. The van der Waals surface area contributed by atoms with E-state index in [1.807, 2.05) is 12.5 Å². The average molecular weight is 314 g/mol. The van der Waals surface area contributed by atoms with Gasteiger partial charge in [0.15, 0.2) is 0 Å². The number of hydrogen-bond acceptors (Lipinski definition) is 4. The molecule has 0 saturated carbocycles. The summed E-state index contributed by atoms with van der Waals surface area (Å²) < 4.78 is 21.7. The fourth-order valence-corrected chi connectivity index (χ4v) is 1.72. The summed E-state index contributed by atoms with van der Waals surface area (Å²) in [5.74, 6) is 0. The zero-order chi connectivity index (χ0) is 16.5. The van der Waals surface area contributed by atoms with Crippen molar-refractivity contribution in [2.24, 2.45) is 0 Å². The first-order valence-corrected chi connectivity index (χ1v) is 8.52. The van der Waals surface area contributed by atoms with Gasteiger partial charge in [0.2, 0.25) is 0 Å². The molecule has 4 nitrogen and oxygen atoms in total. The Morgan fingerprint density at radius 2 is 0.864 bits per heavy atom. The van der Waals surface area contributed by atoms with Gasteiger partial charge in [0.05, 0.1) is 39.0 Å². The van der Waals surface area contributed by atoms with Crippen molar-refractivity contribution in [1.29, 1.82) is 0 Å². The summed E-state index contributed by atoms with van der Waals surface area (Å²) in [6.07, 6.45) is 7.87. The van der Waals surface area contributed by atoms with Crippen LogP contribution in [0.5, 0.6) is 0 Å². The molecule has 0 saturated heterocycles. The van der Waals surface area contributed by atoms with Crippen LogP contribution in [0.1, 0.15) is 53.4 Å². The molecule has 0 rings (SSSR count). The summed E-state index contributed by atoms with van der Waals surface area (Å²) in [7, 11) is 0. The van der Waals surface area contributed by atoms with Crippen molar-refractivity contribution in [3.05, 3.63) is 23.7 Å². The minimum atomic E-state index is 0.590. The zero-order valence-corrected chi connectivity index (χ0v) is 14.9. The second kappa shape index (κ2) is 16.4. The predicted molar refractivity (Wildman–Crippen MR) is 90.9 cm³/mol. The fourth-order valence-electron chi connectivity index (χ4n) is 1.72. The van der Waals surface area contributed by atoms with Crippen LogP contribution in [0.15, 0.2) is 23.7 Å². The summed E-state index contributed by atoms with van der Waals surface area (Å²) in [5.41, 5.74) is 2.65. The molecule has 0 radical (unpaired) electrons. The molecule has 0 amide bonds. The van der Waals surface area contributed by atoms with Crippen LogP contribution in [0.2, 0.25) is 0 Å². The minimum absolute atomic E-state index is 0.590. The van der Waals surface area contributed by atoms with Gasteiger partial charge in [-0.3, -0.25) is 0 Å². The summed E-state index contributed by atoms with van der Waals surface area (Å²) in [4.78, 5) is 0. The zero-order valence-electron chi connectivity index (χ0n) is 14.9. The molecule has 0 fully saturated rings. The first-order valence-electron chi connectivity index (χ1n) is 8.52. The van der Waals surface area contributed by atoms with Crippen LogP contribution in [-0.4, -0.2) is 39.6 Å². The standard InChI is InChI=1S/C18H34O4/c1-5-17(6-2)15-21-13-11-19-9-10-20-12-14-22-16-18(7-3)8-4/h15-16H,5-14H2,1-4H3. The molecule has 0 bridgehead atoms. The monoisotopic (exact) mass is 314 g/mol. The lowest BCUT2D eigenvalue weighted by Gasteiger charge is -2.07. The molecular formula is C18H34O4. The highest BCUT2D eigenvalue weighted by Gasteiger charge is 1.93. The highest BCUT2D eigenvalue weighted by Crippen LogP contribution is 2.05. The van der Waals surface area contributed by atoms with Crippen LogP contribution in [0.25, 0.3) is 0 Å². The summed E-state index contributed by atoms with van der Waals surface area (Å²) in [6.45, 7) is 12.1. The van der Waals surface area contributed by atoms with Crippen LogP contribution < -0.4 is 0 Å².